The summed E-state index contributed by atoms with van der Waals surface area (Å²) in [6.45, 7) is 0. The molecule has 0 aliphatic rings. The smallest absolute Gasteiger partial charge is 0.0467 e. The molecule has 10 aromatic carbocycles. The Labute approximate surface area is 330 Å². The van der Waals surface area contributed by atoms with Crippen LogP contribution >= 0.6 is 11.3 Å². The summed E-state index contributed by atoms with van der Waals surface area (Å²) in [6.07, 6.45) is 0. The van der Waals surface area contributed by atoms with Crippen LogP contribution < -0.4 is 4.90 Å². The lowest BCUT2D eigenvalue weighted by atomic mass is 9.93. The minimum atomic E-state index is 1.11. The summed E-state index contributed by atoms with van der Waals surface area (Å²) in [5, 5.41) is 10.2. The highest BCUT2D eigenvalue weighted by Gasteiger charge is 2.17. The van der Waals surface area contributed by atoms with Gasteiger partial charge in [0.25, 0.3) is 0 Å². The van der Waals surface area contributed by atoms with Crippen LogP contribution in [0, 0.1) is 0 Å². The number of hydrogen-bond acceptors (Lipinski definition) is 2. The molecule has 0 saturated carbocycles. The summed E-state index contributed by atoms with van der Waals surface area (Å²) in [7, 11) is 0. The van der Waals surface area contributed by atoms with Gasteiger partial charge in [0.1, 0.15) is 0 Å². The van der Waals surface area contributed by atoms with Gasteiger partial charge >= 0.3 is 0 Å². The van der Waals surface area contributed by atoms with Crippen LogP contribution in [0.1, 0.15) is 0 Å². The van der Waals surface area contributed by atoms with Crippen molar-refractivity contribution < 1.29 is 0 Å². The molecule has 2 heteroatoms. The maximum atomic E-state index is 2.39. The number of benzene rings is 10. The summed E-state index contributed by atoms with van der Waals surface area (Å²) in [5.74, 6) is 0. The topological polar surface area (TPSA) is 3.24 Å². The quantitative estimate of drug-likeness (QED) is 0.154. The first-order valence-corrected chi connectivity index (χ1v) is 20.0. The Morgan fingerprint density at radius 3 is 1.70 bits per heavy atom. The van der Waals surface area contributed by atoms with Crippen molar-refractivity contribution in [3.05, 3.63) is 212 Å². The Morgan fingerprint density at radius 1 is 0.286 bits per heavy atom. The Balaban J connectivity index is 1.05. The summed E-state index contributed by atoms with van der Waals surface area (Å²) >= 11 is 1.87. The lowest BCUT2D eigenvalue weighted by Gasteiger charge is -2.26. The van der Waals surface area contributed by atoms with Gasteiger partial charge in [0.2, 0.25) is 0 Å². The van der Waals surface area contributed by atoms with Crippen molar-refractivity contribution in [1.82, 2.24) is 0 Å². The van der Waals surface area contributed by atoms with Crippen LogP contribution in [0.2, 0.25) is 0 Å². The number of nitrogens with zero attached hydrogens (tertiary/aromatic N) is 1. The highest BCUT2D eigenvalue weighted by Crippen LogP contribution is 2.43. The minimum absolute atomic E-state index is 1.11. The molecule has 0 N–H and O–H groups in total. The van der Waals surface area contributed by atoms with E-state index in [-0.39, 0.29) is 0 Å². The molecule has 0 bridgehead atoms. The van der Waals surface area contributed by atoms with E-state index in [0.29, 0.717) is 0 Å². The van der Waals surface area contributed by atoms with E-state index in [9.17, 15) is 0 Å². The number of rotatable bonds is 6. The SMILES string of the molecule is c1cc(-c2cc3ccccc3c3ccccc23)cc(N(c2ccc(-c3ccc4ccccc4c3)cc2)c2ccc(-c3cccc4sc5ccccc5c34)cc2)c1. The third-order valence-corrected chi connectivity index (χ3v) is 12.4. The van der Waals surface area contributed by atoms with Gasteiger partial charge in [-0.1, -0.05) is 152 Å². The lowest BCUT2D eigenvalue weighted by molar-refractivity contribution is 1.28. The van der Waals surface area contributed by atoms with Gasteiger partial charge in [0.15, 0.2) is 0 Å². The molecule has 1 aromatic heterocycles. The fraction of sp³-hybridized carbons (Fsp3) is 0. The van der Waals surface area contributed by atoms with Gasteiger partial charge < -0.3 is 4.90 Å². The maximum Gasteiger partial charge on any atom is 0.0467 e. The second-order valence-electron chi connectivity index (χ2n) is 14.5. The summed E-state index contributed by atoms with van der Waals surface area (Å²) in [5.41, 5.74) is 10.6. The summed E-state index contributed by atoms with van der Waals surface area (Å²) < 4.78 is 2.64. The molecule has 0 aliphatic heterocycles. The highest BCUT2D eigenvalue weighted by atomic mass is 32.1. The van der Waals surface area contributed by atoms with Crippen molar-refractivity contribution >= 4 is 80.9 Å². The molecule has 1 nitrogen and oxygen atoms in total. The van der Waals surface area contributed by atoms with Crippen molar-refractivity contribution in [3.8, 4) is 33.4 Å². The Hall–Kier alpha value is -7.00. The third kappa shape index (κ3) is 5.54. The van der Waals surface area contributed by atoms with E-state index in [2.05, 4.69) is 217 Å². The van der Waals surface area contributed by atoms with Gasteiger partial charge in [-0.2, -0.15) is 0 Å². The number of hydrogen-bond donors (Lipinski definition) is 0. The predicted octanol–water partition coefficient (Wildman–Crippen LogP) is 16.0. The molecule has 11 aromatic rings. The molecule has 0 amide bonds. The second-order valence-corrected chi connectivity index (χ2v) is 15.6. The van der Waals surface area contributed by atoms with Crippen molar-refractivity contribution in [2.24, 2.45) is 0 Å². The Bertz CT molecular complexity index is 3250. The van der Waals surface area contributed by atoms with Crippen LogP contribution in [0.3, 0.4) is 0 Å². The first kappa shape index (κ1) is 32.4. The van der Waals surface area contributed by atoms with Crippen molar-refractivity contribution in [2.45, 2.75) is 0 Å². The zero-order chi connectivity index (χ0) is 37.0. The zero-order valence-corrected chi connectivity index (χ0v) is 31.4. The van der Waals surface area contributed by atoms with Gasteiger partial charge in [-0.15, -0.1) is 11.3 Å². The van der Waals surface area contributed by atoms with Gasteiger partial charge in [-0.3, -0.25) is 0 Å². The van der Waals surface area contributed by atoms with Crippen LogP contribution in [0.5, 0.6) is 0 Å². The average Bonchev–Trinajstić information content (AvgIpc) is 3.66. The van der Waals surface area contributed by atoms with Gasteiger partial charge in [0, 0.05) is 37.2 Å². The van der Waals surface area contributed by atoms with Crippen LogP contribution in [0.4, 0.5) is 17.1 Å². The van der Waals surface area contributed by atoms with Crippen molar-refractivity contribution in [3.63, 3.8) is 0 Å². The first-order chi connectivity index (χ1) is 27.7. The summed E-state index contributed by atoms with van der Waals surface area (Å²) in [4.78, 5) is 2.39. The van der Waals surface area contributed by atoms with Crippen LogP contribution in [0.25, 0.3) is 85.9 Å². The molecule has 0 spiro atoms. The normalized spacial score (nSPS) is 11.6. The van der Waals surface area contributed by atoms with Crippen LogP contribution in [-0.4, -0.2) is 0 Å². The molecule has 0 aliphatic carbocycles. The Morgan fingerprint density at radius 2 is 0.893 bits per heavy atom. The fourth-order valence-electron chi connectivity index (χ4n) is 8.53. The number of thiophene rings is 1. The van der Waals surface area contributed by atoms with Crippen molar-refractivity contribution in [1.29, 1.82) is 0 Å². The van der Waals surface area contributed by atoms with E-state index < -0.39 is 0 Å². The molecular formula is C54H35NS. The molecular weight excluding hydrogens is 695 g/mol. The van der Waals surface area contributed by atoms with E-state index >= 15 is 0 Å². The fourth-order valence-corrected chi connectivity index (χ4v) is 9.66. The van der Waals surface area contributed by atoms with Gasteiger partial charge in [-0.05, 0) is 126 Å². The highest BCUT2D eigenvalue weighted by molar-refractivity contribution is 7.25. The molecule has 0 fully saturated rings. The molecule has 1 heterocycles. The predicted molar refractivity (Wildman–Crippen MR) is 243 cm³/mol. The maximum absolute atomic E-state index is 2.39. The largest absolute Gasteiger partial charge is 0.310 e. The first-order valence-electron chi connectivity index (χ1n) is 19.2. The number of anilines is 3. The molecule has 56 heavy (non-hydrogen) atoms. The second kappa shape index (κ2) is 13.4. The molecule has 262 valence electrons. The number of fused-ring (bicyclic) bond motifs is 7. The third-order valence-electron chi connectivity index (χ3n) is 11.2. The molecule has 0 radical (unpaired) electrons. The summed E-state index contributed by atoms with van der Waals surface area (Å²) in [6, 6.07) is 77.8. The van der Waals surface area contributed by atoms with Gasteiger partial charge in [-0.25, -0.2) is 0 Å². The molecule has 0 unspecified atom stereocenters. The van der Waals surface area contributed by atoms with E-state index in [1.165, 1.54) is 85.9 Å². The van der Waals surface area contributed by atoms with E-state index in [0.717, 1.165) is 17.1 Å². The van der Waals surface area contributed by atoms with Crippen molar-refractivity contribution in [2.75, 3.05) is 4.90 Å². The molecule has 11 rings (SSSR count). The molecule has 0 atom stereocenters. The minimum Gasteiger partial charge on any atom is -0.310 e. The lowest BCUT2D eigenvalue weighted by Crippen LogP contribution is -2.10. The average molecular weight is 730 g/mol. The van der Waals surface area contributed by atoms with Gasteiger partial charge in [0.05, 0.1) is 0 Å². The standard InChI is InChI=1S/C54H35NS/c1-2-12-39-33-40(24-23-36(39)11-1)37-25-29-43(30-26-37)55(44-31-27-38(28-32-44)47-20-10-22-53-54(47)50-19-7-8-21-52(50)56-53)45-15-9-14-41(34-45)51-35-42-13-3-4-16-46(42)48-17-5-6-18-49(48)51/h1-35H. The zero-order valence-electron chi connectivity index (χ0n) is 30.6. The monoisotopic (exact) mass is 729 g/mol. The van der Waals surface area contributed by atoms with Crippen LogP contribution in [-0.2, 0) is 0 Å². The van der Waals surface area contributed by atoms with Crippen LogP contribution in [0.15, 0.2) is 212 Å². The van der Waals surface area contributed by atoms with E-state index in [1.807, 2.05) is 11.3 Å². The molecule has 0 saturated heterocycles. The van der Waals surface area contributed by atoms with E-state index in [1.54, 1.807) is 0 Å². The van der Waals surface area contributed by atoms with E-state index in [4.69, 9.17) is 0 Å². The Kier molecular flexibility index (Phi) is 7.75.